The lowest BCUT2D eigenvalue weighted by molar-refractivity contribution is 1.01. The van der Waals surface area contributed by atoms with Gasteiger partial charge in [0.05, 0.1) is 0 Å². The van der Waals surface area contributed by atoms with Gasteiger partial charge in [0.15, 0.2) is 0 Å². The molecule has 0 atom stereocenters. The summed E-state index contributed by atoms with van der Waals surface area (Å²) in [7, 11) is 2.14. The minimum Gasteiger partial charge on any atom is -0.344 e. The van der Waals surface area contributed by atoms with Crippen LogP contribution in [0, 0.1) is 6.92 Å². The molecule has 0 saturated carbocycles. The van der Waals surface area contributed by atoms with Gasteiger partial charge < -0.3 is 4.57 Å². The van der Waals surface area contributed by atoms with E-state index in [9.17, 15) is 0 Å². The zero-order chi connectivity index (χ0) is 14.4. The minimum atomic E-state index is 1.27. The summed E-state index contributed by atoms with van der Waals surface area (Å²) in [6.07, 6.45) is 0. The zero-order valence-electron chi connectivity index (χ0n) is 12.3. The Morgan fingerprint density at radius 3 is 2.10 bits per heavy atom. The Hall–Kier alpha value is -2.54. The molecule has 0 aliphatic rings. The van der Waals surface area contributed by atoms with Crippen molar-refractivity contribution in [2.45, 2.75) is 6.92 Å². The van der Waals surface area contributed by atoms with Crippen LogP contribution >= 0.6 is 0 Å². The molecule has 0 aliphatic carbocycles. The standard InChI is InChI=1S/C20H17N/c1-14-8-10-19-17(12-14)18-13-16(9-11-20(18)21(19)2)15-6-4-3-5-7-15/h3-13H,1-2H3. The van der Waals surface area contributed by atoms with E-state index in [4.69, 9.17) is 0 Å². The van der Waals surface area contributed by atoms with Crippen LogP contribution in [0.4, 0.5) is 0 Å². The predicted molar refractivity (Wildman–Crippen MR) is 90.6 cm³/mol. The summed E-state index contributed by atoms with van der Waals surface area (Å²) in [5.41, 5.74) is 6.43. The maximum absolute atomic E-state index is 2.31. The lowest BCUT2D eigenvalue weighted by Crippen LogP contribution is -1.86. The number of hydrogen-bond donors (Lipinski definition) is 0. The number of nitrogens with zero attached hydrogens (tertiary/aromatic N) is 1. The van der Waals surface area contributed by atoms with Gasteiger partial charge in [0.25, 0.3) is 0 Å². The van der Waals surface area contributed by atoms with Gasteiger partial charge >= 0.3 is 0 Å². The van der Waals surface area contributed by atoms with Crippen LogP contribution < -0.4 is 0 Å². The van der Waals surface area contributed by atoms with Crippen LogP contribution in [0.3, 0.4) is 0 Å². The molecule has 3 aromatic carbocycles. The molecule has 4 aromatic rings. The third kappa shape index (κ3) is 1.85. The van der Waals surface area contributed by atoms with E-state index in [0.29, 0.717) is 0 Å². The first-order valence-electron chi connectivity index (χ1n) is 7.28. The molecule has 0 bridgehead atoms. The van der Waals surface area contributed by atoms with Crippen molar-refractivity contribution in [2.75, 3.05) is 0 Å². The number of aromatic nitrogens is 1. The van der Waals surface area contributed by atoms with Gasteiger partial charge in [-0.05, 0) is 42.3 Å². The van der Waals surface area contributed by atoms with E-state index >= 15 is 0 Å². The fourth-order valence-electron chi connectivity index (χ4n) is 3.14. The first kappa shape index (κ1) is 12.2. The maximum Gasteiger partial charge on any atom is 0.0489 e. The topological polar surface area (TPSA) is 4.93 Å². The van der Waals surface area contributed by atoms with Gasteiger partial charge in [-0.1, -0.05) is 48.0 Å². The molecule has 1 heteroatoms. The monoisotopic (exact) mass is 271 g/mol. The second-order valence-electron chi connectivity index (χ2n) is 5.68. The molecule has 0 saturated heterocycles. The molecule has 0 spiro atoms. The first-order valence-corrected chi connectivity index (χ1v) is 7.28. The summed E-state index contributed by atoms with van der Waals surface area (Å²) in [6, 6.07) is 24.0. The van der Waals surface area contributed by atoms with Crippen LogP contribution in [0.2, 0.25) is 0 Å². The average molecular weight is 271 g/mol. The van der Waals surface area contributed by atoms with E-state index in [1.165, 1.54) is 38.5 Å². The SMILES string of the molecule is Cc1ccc2c(c1)c1cc(-c3ccccc3)ccc1n2C. The Morgan fingerprint density at radius 1 is 0.667 bits per heavy atom. The van der Waals surface area contributed by atoms with Gasteiger partial charge in [-0.15, -0.1) is 0 Å². The van der Waals surface area contributed by atoms with Gasteiger partial charge in [-0.25, -0.2) is 0 Å². The van der Waals surface area contributed by atoms with Gasteiger partial charge in [0.2, 0.25) is 0 Å². The second kappa shape index (κ2) is 4.49. The lowest BCUT2D eigenvalue weighted by Gasteiger charge is -2.02. The number of hydrogen-bond acceptors (Lipinski definition) is 0. The van der Waals surface area contributed by atoms with Crippen LogP contribution in [0.25, 0.3) is 32.9 Å². The minimum absolute atomic E-state index is 1.27. The van der Waals surface area contributed by atoms with Crippen molar-refractivity contribution in [3.05, 3.63) is 72.3 Å². The molecule has 0 unspecified atom stereocenters. The predicted octanol–water partition coefficient (Wildman–Crippen LogP) is 5.31. The van der Waals surface area contributed by atoms with Gasteiger partial charge in [-0.3, -0.25) is 0 Å². The number of rotatable bonds is 1. The number of fused-ring (bicyclic) bond motifs is 3. The van der Waals surface area contributed by atoms with Gasteiger partial charge in [0.1, 0.15) is 0 Å². The van der Waals surface area contributed by atoms with Crippen molar-refractivity contribution >= 4 is 21.8 Å². The highest BCUT2D eigenvalue weighted by atomic mass is 14.9. The summed E-state index contributed by atoms with van der Waals surface area (Å²) in [5.74, 6) is 0. The Kier molecular flexibility index (Phi) is 2.61. The smallest absolute Gasteiger partial charge is 0.0489 e. The fourth-order valence-corrected chi connectivity index (χ4v) is 3.14. The third-order valence-corrected chi connectivity index (χ3v) is 4.27. The summed E-state index contributed by atoms with van der Waals surface area (Å²) in [6.45, 7) is 2.15. The highest BCUT2D eigenvalue weighted by Crippen LogP contribution is 2.32. The molecule has 0 amide bonds. The molecule has 0 N–H and O–H groups in total. The van der Waals surface area contributed by atoms with E-state index in [1.54, 1.807) is 0 Å². The molecule has 1 heterocycles. The lowest BCUT2D eigenvalue weighted by atomic mass is 10.0. The van der Waals surface area contributed by atoms with Crippen molar-refractivity contribution in [3.8, 4) is 11.1 Å². The average Bonchev–Trinajstić information content (AvgIpc) is 2.80. The van der Waals surface area contributed by atoms with Crippen molar-refractivity contribution < 1.29 is 0 Å². The van der Waals surface area contributed by atoms with Crippen LogP contribution in [0.5, 0.6) is 0 Å². The molecule has 4 rings (SSSR count). The Labute approximate surface area is 124 Å². The van der Waals surface area contributed by atoms with E-state index in [-0.39, 0.29) is 0 Å². The third-order valence-electron chi connectivity index (χ3n) is 4.27. The van der Waals surface area contributed by atoms with E-state index < -0.39 is 0 Å². The Balaban J connectivity index is 2.07. The molecule has 102 valence electrons. The van der Waals surface area contributed by atoms with Crippen molar-refractivity contribution in [1.29, 1.82) is 0 Å². The molecule has 0 aliphatic heterocycles. The molecular formula is C20H17N. The van der Waals surface area contributed by atoms with Crippen LogP contribution in [0.1, 0.15) is 5.56 Å². The zero-order valence-corrected chi connectivity index (χ0v) is 12.3. The highest BCUT2D eigenvalue weighted by molar-refractivity contribution is 6.09. The molecule has 1 nitrogen and oxygen atoms in total. The van der Waals surface area contributed by atoms with Gasteiger partial charge in [-0.2, -0.15) is 0 Å². The van der Waals surface area contributed by atoms with E-state index in [2.05, 4.69) is 85.3 Å². The maximum atomic E-state index is 2.31. The molecule has 0 fully saturated rings. The van der Waals surface area contributed by atoms with Crippen LogP contribution in [-0.2, 0) is 7.05 Å². The number of aryl methyl sites for hydroxylation is 2. The first-order chi connectivity index (χ1) is 10.2. The van der Waals surface area contributed by atoms with E-state index in [0.717, 1.165) is 0 Å². The van der Waals surface area contributed by atoms with E-state index in [1.807, 2.05) is 0 Å². The van der Waals surface area contributed by atoms with Crippen molar-refractivity contribution in [1.82, 2.24) is 4.57 Å². The van der Waals surface area contributed by atoms with Gasteiger partial charge in [0, 0.05) is 28.9 Å². The fraction of sp³-hybridized carbons (Fsp3) is 0.100. The summed E-state index contributed by atoms with van der Waals surface area (Å²) < 4.78 is 2.28. The second-order valence-corrected chi connectivity index (χ2v) is 5.68. The molecule has 0 radical (unpaired) electrons. The quantitative estimate of drug-likeness (QED) is 0.442. The number of benzene rings is 3. The summed E-state index contributed by atoms with van der Waals surface area (Å²) in [5, 5.41) is 2.67. The largest absolute Gasteiger partial charge is 0.344 e. The Morgan fingerprint density at radius 2 is 1.33 bits per heavy atom. The van der Waals surface area contributed by atoms with Crippen LogP contribution in [-0.4, -0.2) is 4.57 Å². The molecule has 21 heavy (non-hydrogen) atoms. The summed E-state index contributed by atoms with van der Waals surface area (Å²) in [4.78, 5) is 0. The Bertz CT molecular complexity index is 946. The molecular weight excluding hydrogens is 254 g/mol. The van der Waals surface area contributed by atoms with Crippen molar-refractivity contribution in [3.63, 3.8) is 0 Å². The highest BCUT2D eigenvalue weighted by Gasteiger charge is 2.09. The normalized spacial score (nSPS) is 11.3. The summed E-state index contributed by atoms with van der Waals surface area (Å²) >= 11 is 0. The molecule has 1 aromatic heterocycles. The van der Waals surface area contributed by atoms with Crippen LogP contribution in [0.15, 0.2) is 66.7 Å². The van der Waals surface area contributed by atoms with Crippen molar-refractivity contribution in [2.24, 2.45) is 7.05 Å².